The normalized spacial score (nSPS) is 13.5. The molecule has 1 N–H and O–H groups in total. The van der Waals surface area contributed by atoms with Crippen molar-refractivity contribution in [1.82, 2.24) is 5.32 Å². The quantitative estimate of drug-likeness (QED) is 0.286. The maximum absolute atomic E-state index is 11.8. The van der Waals surface area contributed by atoms with Crippen molar-refractivity contribution >= 4 is 21.9 Å². The molecule has 0 fully saturated rings. The molecule has 0 aliphatic heterocycles. The van der Waals surface area contributed by atoms with Crippen LogP contribution in [0.3, 0.4) is 0 Å². The molecule has 7 nitrogen and oxygen atoms in total. The number of azide groups is 1. The minimum atomic E-state index is -1.12. The molecular weight excluding hydrogens is 304 g/mol. The molecule has 1 aromatic heterocycles. The molecule has 0 aliphatic carbocycles. The van der Waals surface area contributed by atoms with Gasteiger partial charge in [0.2, 0.25) is 0 Å². The van der Waals surface area contributed by atoms with Crippen LogP contribution in [0.5, 0.6) is 0 Å². The number of halogens is 1. The van der Waals surface area contributed by atoms with Crippen LogP contribution in [-0.2, 0) is 15.1 Å². The molecule has 0 saturated heterocycles. The number of carbonyl (C=O) groups is 1. The number of nitrogens with zero attached hydrogens (tertiary/aromatic N) is 3. The minimum Gasteiger partial charge on any atom is -0.467 e. The second-order valence-electron chi connectivity index (χ2n) is 3.60. The summed E-state index contributed by atoms with van der Waals surface area (Å²) in [7, 11) is 1.30. The van der Waals surface area contributed by atoms with Crippen molar-refractivity contribution in [2.24, 2.45) is 5.11 Å². The maximum Gasteiger partial charge on any atom is 0.333 e. The Hall–Kier alpha value is -1.50. The zero-order valence-corrected chi connectivity index (χ0v) is 11.6. The standard InChI is InChI=1S/C10H13BrN4O3/c1-10(9(16)17-2,13-5-6-14-15-12)7-3-4-8(11)18-7/h3-4,13H,5-6H2,1-2H3. The molecule has 8 heteroatoms. The highest BCUT2D eigenvalue weighted by molar-refractivity contribution is 9.10. The molecule has 18 heavy (non-hydrogen) atoms. The highest BCUT2D eigenvalue weighted by atomic mass is 79.9. The van der Waals surface area contributed by atoms with E-state index >= 15 is 0 Å². The Kier molecular flexibility index (Phi) is 5.21. The van der Waals surface area contributed by atoms with E-state index in [4.69, 9.17) is 14.7 Å². The van der Waals surface area contributed by atoms with Gasteiger partial charge in [-0.3, -0.25) is 5.32 Å². The van der Waals surface area contributed by atoms with Gasteiger partial charge < -0.3 is 9.15 Å². The lowest BCUT2D eigenvalue weighted by Gasteiger charge is -2.25. The number of nitrogens with one attached hydrogen (secondary N) is 1. The fourth-order valence-corrected chi connectivity index (χ4v) is 1.75. The van der Waals surface area contributed by atoms with Crippen LogP contribution in [0.2, 0.25) is 0 Å². The highest BCUT2D eigenvalue weighted by Crippen LogP contribution is 2.26. The molecule has 0 amide bonds. The van der Waals surface area contributed by atoms with Gasteiger partial charge in [-0.15, -0.1) is 0 Å². The van der Waals surface area contributed by atoms with Crippen LogP contribution < -0.4 is 5.32 Å². The Balaban J connectivity index is 2.88. The maximum atomic E-state index is 11.8. The number of hydrogen-bond donors (Lipinski definition) is 1. The molecule has 0 saturated carbocycles. The van der Waals surface area contributed by atoms with Gasteiger partial charge in [-0.25, -0.2) is 4.79 Å². The van der Waals surface area contributed by atoms with E-state index in [-0.39, 0.29) is 6.54 Å². The molecule has 1 rings (SSSR count). The zero-order chi connectivity index (χ0) is 13.6. The van der Waals surface area contributed by atoms with Crippen LogP contribution in [0.4, 0.5) is 0 Å². The Morgan fingerprint density at radius 3 is 2.94 bits per heavy atom. The van der Waals surface area contributed by atoms with E-state index in [0.717, 1.165) is 0 Å². The van der Waals surface area contributed by atoms with Gasteiger partial charge in [0.15, 0.2) is 10.2 Å². The van der Waals surface area contributed by atoms with Crippen molar-refractivity contribution in [2.45, 2.75) is 12.5 Å². The number of hydrogen-bond acceptors (Lipinski definition) is 5. The topological polar surface area (TPSA) is 100 Å². The van der Waals surface area contributed by atoms with Crippen LogP contribution in [0, 0.1) is 0 Å². The average Bonchev–Trinajstić information content (AvgIpc) is 2.80. The van der Waals surface area contributed by atoms with Gasteiger partial charge in [0.25, 0.3) is 0 Å². The summed E-state index contributed by atoms with van der Waals surface area (Å²) in [5.41, 5.74) is 7.07. The molecule has 1 unspecified atom stereocenters. The number of ether oxygens (including phenoxy) is 1. The number of rotatable bonds is 6. The van der Waals surface area contributed by atoms with Crippen molar-refractivity contribution in [3.8, 4) is 0 Å². The highest BCUT2D eigenvalue weighted by Gasteiger charge is 2.38. The van der Waals surface area contributed by atoms with Crippen molar-refractivity contribution in [3.63, 3.8) is 0 Å². The number of carbonyl (C=O) groups excluding carboxylic acids is 1. The van der Waals surface area contributed by atoms with Crippen LogP contribution >= 0.6 is 15.9 Å². The summed E-state index contributed by atoms with van der Waals surface area (Å²) in [5, 5.41) is 6.34. The molecule has 1 aromatic rings. The SMILES string of the molecule is COC(=O)C(C)(NCCN=[N+]=[N-])c1ccc(Br)o1. The molecule has 0 aromatic carbocycles. The van der Waals surface area contributed by atoms with Crippen molar-refractivity contribution in [2.75, 3.05) is 20.2 Å². The number of furan rings is 1. The van der Waals surface area contributed by atoms with Gasteiger partial charge in [-0.05, 0) is 40.5 Å². The second-order valence-corrected chi connectivity index (χ2v) is 4.38. The summed E-state index contributed by atoms with van der Waals surface area (Å²) in [6.45, 7) is 2.19. The lowest BCUT2D eigenvalue weighted by molar-refractivity contribution is -0.149. The van der Waals surface area contributed by atoms with Crippen LogP contribution in [-0.4, -0.2) is 26.2 Å². The third kappa shape index (κ3) is 3.25. The zero-order valence-electron chi connectivity index (χ0n) is 10.0. The first-order valence-corrected chi connectivity index (χ1v) is 5.94. The summed E-state index contributed by atoms with van der Waals surface area (Å²) in [6, 6.07) is 3.35. The van der Waals surface area contributed by atoms with Crippen LogP contribution in [0.15, 0.2) is 26.3 Å². The average molecular weight is 317 g/mol. The van der Waals surface area contributed by atoms with Gasteiger partial charge >= 0.3 is 5.97 Å². The summed E-state index contributed by atoms with van der Waals surface area (Å²) < 4.78 is 10.7. The van der Waals surface area contributed by atoms with E-state index < -0.39 is 11.5 Å². The van der Waals surface area contributed by atoms with Crippen molar-refractivity contribution < 1.29 is 13.9 Å². The summed E-state index contributed by atoms with van der Waals surface area (Å²) in [5.74, 6) is -0.0625. The molecule has 98 valence electrons. The molecular formula is C10H13BrN4O3. The molecule has 0 aliphatic rings. The van der Waals surface area contributed by atoms with E-state index in [0.29, 0.717) is 17.0 Å². The van der Waals surface area contributed by atoms with E-state index in [2.05, 4.69) is 31.3 Å². The molecule has 0 radical (unpaired) electrons. The monoisotopic (exact) mass is 316 g/mol. The third-order valence-electron chi connectivity index (χ3n) is 2.41. The van der Waals surface area contributed by atoms with Crippen LogP contribution in [0.1, 0.15) is 12.7 Å². The first-order chi connectivity index (χ1) is 8.54. The van der Waals surface area contributed by atoms with Crippen LogP contribution in [0.25, 0.3) is 10.4 Å². The Morgan fingerprint density at radius 1 is 1.72 bits per heavy atom. The Bertz CT molecular complexity index is 469. The lowest BCUT2D eigenvalue weighted by atomic mass is 9.99. The third-order valence-corrected chi connectivity index (χ3v) is 2.84. The molecule has 0 spiro atoms. The van der Waals surface area contributed by atoms with Gasteiger partial charge in [0.05, 0.1) is 7.11 Å². The molecule has 1 atom stereocenters. The molecule has 1 heterocycles. The van der Waals surface area contributed by atoms with Crippen molar-refractivity contribution in [3.05, 3.63) is 33.0 Å². The largest absolute Gasteiger partial charge is 0.467 e. The van der Waals surface area contributed by atoms with Gasteiger partial charge in [0.1, 0.15) is 5.76 Å². The Morgan fingerprint density at radius 2 is 2.44 bits per heavy atom. The minimum absolute atomic E-state index is 0.227. The number of esters is 1. The lowest BCUT2D eigenvalue weighted by Crippen LogP contribution is -2.48. The van der Waals surface area contributed by atoms with Gasteiger partial charge in [-0.2, -0.15) is 0 Å². The van der Waals surface area contributed by atoms with E-state index in [1.165, 1.54) is 7.11 Å². The first kappa shape index (κ1) is 14.6. The summed E-state index contributed by atoms with van der Waals surface area (Å²) >= 11 is 3.18. The van der Waals surface area contributed by atoms with E-state index in [1.54, 1.807) is 19.1 Å². The summed E-state index contributed by atoms with van der Waals surface area (Å²) in [4.78, 5) is 14.5. The fraction of sp³-hybridized carbons (Fsp3) is 0.500. The fourth-order valence-electron chi connectivity index (χ4n) is 1.45. The van der Waals surface area contributed by atoms with Gasteiger partial charge in [-0.1, -0.05) is 5.11 Å². The predicted molar refractivity (Wildman–Crippen MR) is 67.8 cm³/mol. The Labute approximate surface area is 112 Å². The van der Waals surface area contributed by atoms with E-state index in [9.17, 15) is 4.79 Å². The predicted octanol–water partition coefficient (Wildman–Crippen LogP) is 2.33. The molecule has 0 bridgehead atoms. The van der Waals surface area contributed by atoms with E-state index in [1.807, 2.05) is 0 Å². The van der Waals surface area contributed by atoms with Gasteiger partial charge in [0, 0.05) is 18.0 Å². The number of methoxy groups -OCH3 is 1. The summed E-state index contributed by atoms with van der Waals surface area (Å²) in [6.07, 6.45) is 0. The van der Waals surface area contributed by atoms with Crippen molar-refractivity contribution in [1.29, 1.82) is 0 Å². The second kappa shape index (κ2) is 6.44. The first-order valence-electron chi connectivity index (χ1n) is 5.14. The smallest absolute Gasteiger partial charge is 0.333 e.